The van der Waals surface area contributed by atoms with E-state index in [1.807, 2.05) is 36.4 Å². The Morgan fingerprint density at radius 3 is 2.63 bits per heavy atom. The third kappa shape index (κ3) is 3.30. The molecule has 1 atom stereocenters. The SMILES string of the molecule is CC(C)(C)[N+]12C=C(Cl)C=CC1=NC(c1ccc(C#Cc3ccccn3)s1)=C2. The maximum absolute atomic E-state index is 6.33. The Morgan fingerprint density at radius 1 is 1.04 bits per heavy atom. The monoisotopic (exact) mass is 392 g/mol. The van der Waals surface area contributed by atoms with Crippen molar-refractivity contribution in [2.45, 2.75) is 26.3 Å². The highest BCUT2D eigenvalue weighted by molar-refractivity contribution is 7.13. The summed E-state index contributed by atoms with van der Waals surface area (Å²) in [5.74, 6) is 7.28. The normalized spacial score (nSPS) is 21.0. The van der Waals surface area contributed by atoms with Crippen LogP contribution < -0.4 is 0 Å². The van der Waals surface area contributed by atoms with Gasteiger partial charge in [-0.15, -0.1) is 11.3 Å². The van der Waals surface area contributed by atoms with Crippen molar-refractivity contribution in [3.8, 4) is 11.8 Å². The van der Waals surface area contributed by atoms with E-state index in [2.05, 4.69) is 56.1 Å². The molecule has 0 aromatic carbocycles. The number of allylic oxidation sites excluding steroid dienone is 2. The van der Waals surface area contributed by atoms with Crippen molar-refractivity contribution in [2.24, 2.45) is 4.99 Å². The molecule has 0 amide bonds. The van der Waals surface area contributed by atoms with Crippen LogP contribution in [0.5, 0.6) is 0 Å². The third-order valence-electron chi connectivity index (χ3n) is 4.61. The molecule has 0 aliphatic carbocycles. The highest BCUT2D eigenvalue weighted by Gasteiger charge is 2.47. The number of aromatic nitrogens is 1. The highest BCUT2D eigenvalue weighted by Crippen LogP contribution is 2.41. The van der Waals surface area contributed by atoms with Gasteiger partial charge in [0.2, 0.25) is 5.84 Å². The summed E-state index contributed by atoms with van der Waals surface area (Å²) in [6.07, 6.45) is 9.90. The zero-order valence-corrected chi connectivity index (χ0v) is 17.0. The first-order chi connectivity index (χ1) is 12.9. The van der Waals surface area contributed by atoms with Crippen LogP contribution in [0.3, 0.4) is 0 Å². The molecule has 0 fully saturated rings. The summed E-state index contributed by atoms with van der Waals surface area (Å²) in [4.78, 5) is 11.2. The molecule has 1 unspecified atom stereocenters. The fourth-order valence-electron chi connectivity index (χ4n) is 3.10. The van der Waals surface area contributed by atoms with E-state index in [-0.39, 0.29) is 5.54 Å². The molecular weight excluding hydrogens is 374 g/mol. The summed E-state index contributed by atoms with van der Waals surface area (Å²) in [7, 11) is 0. The van der Waals surface area contributed by atoms with Gasteiger partial charge in [-0.25, -0.2) is 9.47 Å². The van der Waals surface area contributed by atoms with E-state index in [1.54, 1.807) is 17.5 Å². The third-order valence-corrected chi connectivity index (χ3v) is 5.85. The Morgan fingerprint density at radius 2 is 1.89 bits per heavy atom. The molecule has 5 heteroatoms. The van der Waals surface area contributed by atoms with Crippen LogP contribution in [0.4, 0.5) is 0 Å². The van der Waals surface area contributed by atoms with Crippen LogP contribution in [0.1, 0.15) is 36.2 Å². The number of thiophene rings is 1. The van der Waals surface area contributed by atoms with Crippen LogP contribution in [-0.2, 0) is 0 Å². The lowest BCUT2D eigenvalue weighted by molar-refractivity contribution is -0.784. The van der Waals surface area contributed by atoms with E-state index >= 15 is 0 Å². The summed E-state index contributed by atoms with van der Waals surface area (Å²) >= 11 is 7.97. The minimum Gasteiger partial charge on any atom is -0.248 e. The predicted molar refractivity (Wildman–Crippen MR) is 113 cm³/mol. The molecular formula is C22H19ClN3S+. The molecule has 0 bridgehead atoms. The van der Waals surface area contributed by atoms with Crippen molar-refractivity contribution in [1.82, 2.24) is 4.98 Å². The summed E-state index contributed by atoms with van der Waals surface area (Å²) in [6.45, 7) is 6.58. The number of fused-ring (bicyclic) bond motifs is 1. The van der Waals surface area contributed by atoms with Crippen molar-refractivity contribution in [3.05, 3.63) is 81.6 Å². The molecule has 2 aromatic rings. The van der Waals surface area contributed by atoms with Gasteiger partial charge in [0.1, 0.15) is 29.3 Å². The molecule has 0 saturated heterocycles. The molecule has 2 aliphatic heterocycles. The molecule has 0 radical (unpaired) electrons. The van der Waals surface area contributed by atoms with Gasteiger partial charge in [-0.05, 0) is 63.0 Å². The molecule has 2 aliphatic rings. The number of halogens is 1. The minimum atomic E-state index is -0.0929. The summed E-state index contributed by atoms with van der Waals surface area (Å²) in [5, 5.41) is 0.731. The molecule has 0 N–H and O–H groups in total. The lowest BCUT2D eigenvalue weighted by atomic mass is 10.0. The number of hydrogen-bond acceptors (Lipinski definition) is 3. The van der Waals surface area contributed by atoms with Crippen LogP contribution in [-0.4, -0.2) is 20.8 Å². The second-order valence-corrected chi connectivity index (χ2v) is 8.93. The quantitative estimate of drug-likeness (QED) is 0.463. The molecule has 3 nitrogen and oxygen atoms in total. The maximum atomic E-state index is 6.33. The predicted octanol–water partition coefficient (Wildman–Crippen LogP) is 5.52. The standard InChI is InChI=1S/C22H19ClN3S/c1-22(2,3)26-14-16(23)7-12-21(26)25-19(15-26)20-11-10-18(27-20)9-8-17-6-4-5-13-24-17/h4-7,10-15H,1-3H3/q+1. The van der Waals surface area contributed by atoms with E-state index in [4.69, 9.17) is 16.6 Å². The lowest BCUT2D eigenvalue weighted by Gasteiger charge is -2.40. The molecule has 0 spiro atoms. The van der Waals surface area contributed by atoms with Crippen molar-refractivity contribution in [1.29, 1.82) is 0 Å². The zero-order valence-electron chi connectivity index (χ0n) is 15.4. The molecule has 27 heavy (non-hydrogen) atoms. The lowest BCUT2D eigenvalue weighted by Crippen LogP contribution is -2.55. The number of nitrogens with zero attached hydrogens (tertiary/aromatic N) is 3. The van der Waals surface area contributed by atoms with Gasteiger partial charge in [0, 0.05) is 12.3 Å². The second kappa shape index (κ2) is 6.61. The number of aliphatic imine (C=N–C) groups is 1. The number of pyridine rings is 1. The average Bonchev–Trinajstić information content (AvgIpc) is 3.25. The van der Waals surface area contributed by atoms with E-state index in [9.17, 15) is 0 Å². The van der Waals surface area contributed by atoms with Crippen LogP contribution in [0.25, 0.3) is 5.70 Å². The van der Waals surface area contributed by atoms with Gasteiger partial charge in [0.15, 0.2) is 0 Å². The molecule has 4 heterocycles. The van der Waals surface area contributed by atoms with Gasteiger partial charge < -0.3 is 0 Å². The number of amidine groups is 1. The van der Waals surface area contributed by atoms with Crippen molar-refractivity contribution in [3.63, 3.8) is 0 Å². The maximum Gasteiger partial charge on any atom is 0.238 e. The van der Waals surface area contributed by atoms with E-state index in [1.165, 1.54) is 0 Å². The Hall–Kier alpha value is -2.45. The fraction of sp³-hybridized carbons (Fsp3) is 0.182. The Bertz CT molecular complexity index is 1070. The number of rotatable bonds is 1. The second-order valence-electron chi connectivity index (χ2n) is 7.41. The van der Waals surface area contributed by atoms with Crippen LogP contribution in [0.2, 0.25) is 0 Å². The van der Waals surface area contributed by atoms with Gasteiger partial charge in [-0.1, -0.05) is 17.7 Å². The smallest absolute Gasteiger partial charge is 0.238 e. The number of quaternary nitrogens is 1. The minimum absolute atomic E-state index is 0.0929. The summed E-state index contributed by atoms with van der Waals surface area (Å²) < 4.78 is 0.518. The van der Waals surface area contributed by atoms with Gasteiger partial charge in [-0.3, -0.25) is 0 Å². The molecule has 2 aromatic heterocycles. The van der Waals surface area contributed by atoms with Gasteiger partial charge in [0.05, 0.1) is 14.8 Å². The Balaban J connectivity index is 1.69. The first-order valence-corrected chi connectivity index (χ1v) is 9.87. The largest absolute Gasteiger partial charge is 0.248 e. The van der Waals surface area contributed by atoms with E-state index in [0.29, 0.717) is 4.48 Å². The van der Waals surface area contributed by atoms with Crippen molar-refractivity contribution >= 4 is 34.5 Å². The molecule has 134 valence electrons. The first-order valence-electron chi connectivity index (χ1n) is 8.68. The summed E-state index contributed by atoms with van der Waals surface area (Å²) in [5.41, 5.74) is 1.64. The van der Waals surface area contributed by atoms with E-state index < -0.39 is 0 Å². The topological polar surface area (TPSA) is 25.2 Å². The van der Waals surface area contributed by atoms with Gasteiger partial charge in [-0.2, -0.15) is 4.99 Å². The van der Waals surface area contributed by atoms with Crippen LogP contribution >= 0.6 is 22.9 Å². The highest BCUT2D eigenvalue weighted by atomic mass is 35.5. The Labute approximate surface area is 168 Å². The number of hydrogen-bond donors (Lipinski definition) is 0. The van der Waals surface area contributed by atoms with Gasteiger partial charge in [0.25, 0.3) is 0 Å². The fourth-order valence-corrected chi connectivity index (χ4v) is 4.14. The van der Waals surface area contributed by atoms with E-state index in [0.717, 1.165) is 32.0 Å². The van der Waals surface area contributed by atoms with Crippen molar-refractivity contribution < 1.29 is 4.48 Å². The van der Waals surface area contributed by atoms with Crippen LogP contribution in [0.15, 0.2) is 71.1 Å². The van der Waals surface area contributed by atoms with Gasteiger partial charge >= 0.3 is 0 Å². The van der Waals surface area contributed by atoms with Crippen molar-refractivity contribution in [2.75, 3.05) is 0 Å². The first kappa shape index (κ1) is 17.9. The summed E-state index contributed by atoms with van der Waals surface area (Å²) in [6, 6.07) is 9.85. The molecule has 0 saturated carbocycles. The Kier molecular flexibility index (Phi) is 4.39. The average molecular weight is 393 g/mol. The van der Waals surface area contributed by atoms with Crippen LogP contribution in [0, 0.1) is 11.8 Å². The zero-order chi connectivity index (χ0) is 19.1. The molecule has 4 rings (SSSR count).